The highest BCUT2D eigenvalue weighted by molar-refractivity contribution is 5.99. The van der Waals surface area contributed by atoms with Crippen LogP contribution in [-0.2, 0) is 0 Å². The Morgan fingerprint density at radius 3 is 1.83 bits per heavy atom. The van der Waals surface area contributed by atoms with Gasteiger partial charge in [0.2, 0.25) is 0 Å². The number of anilines is 2. The summed E-state index contributed by atoms with van der Waals surface area (Å²) in [5.41, 5.74) is 9.16. The van der Waals surface area contributed by atoms with E-state index < -0.39 is 0 Å². The van der Waals surface area contributed by atoms with Gasteiger partial charge in [-0.25, -0.2) is 0 Å². The molecule has 0 amide bonds. The zero-order chi connectivity index (χ0) is 16.0. The van der Waals surface area contributed by atoms with Crippen LogP contribution in [0.5, 0.6) is 0 Å². The van der Waals surface area contributed by atoms with Gasteiger partial charge < -0.3 is 4.90 Å². The predicted octanol–water partition coefficient (Wildman–Crippen LogP) is 6.19. The van der Waals surface area contributed by atoms with Gasteiger partial charge in [0, 0.05) is 28.5 Å². The minimum atomic E-state index is 0.396. The van der Waals surface area contributed by atoms with Crippen LogP contribution in [0.4, 0.5) is 11.4 Å². The number of hydrogen-bond acceptors (Lipinski definition) is 1. The van der Waals surface area contributed by atoms with E-state index in [9.17, 15) is 0 Å². The summed E-state index contributed by atoms with van der Waals surface area (Å²) in [5, 5.41) is 0. The van der Waals surface area contributed by atoms with E-state index in [1.807, 2.05) is 0 Å². The van der Waals surface area contributed by atoms with Gasteiger partial charge in [-0.15, -0.1) is 0 Å². The zero-order valence-electron chi connectivity index (χ0n) is 13.9. The molecular weight excluding hydrogens is 278 g/mol. The van der Waals surface area contributed by atoms with E-state index in [0.717, 1.165) is 0 Å². The van der Waals surface area contributed by atoms with Crippen LogP contribution >= 0.6 is 0 Å². The lowest BCUT2D eigenvalue weighted by molar-refractivity contribution is 0.791. The lowest BCUT2D eigenvalue weighted by Crippen LogP contribution is -2.25. The molecule has 1 nitrogen and oxygen atoms in total. The van der Waals surface area contributed by atoms with Crippen molar-refractivity contribution < 1.29 is 0 Å². The van der Waals surface area contributed by atoms with Gasteiger partial charge in [-0.3, -0.25) is 0 Å². The molecule has 0 saturated heterocycles. The summed E-state index contributed by atoms with van der Waals surface area (Å²) in [6, 6.07) is 24.7. The van der Waals surface area contributed by atoms with Crippen LogP contribution in [0.2, 0.25) is 0 Å². The molecule has 0 aliphatic carbocycles. The lowest BCUT2D eigenvalue weighted by Gasteiger charge is -2.30. The number of rotatable bonds is 1. The van der Waals surface area contributed by atoms with Crippen LogP contribution in [0.3, 0.4) is 0 Å². The molecule has 3 aromatic carbocycles. The van der Waals surface area contributed by atoms with Crippen molar-refractivity contribution >= 4 is 11.4 Å². The summed E-state index contributed by atoms with van der Waals surface area (Å²) in [6.07, 6.45) is 0. The highest BCUT2D eigenvalue weighted by Gasteiger charge is 2.25. The monoisotopic (exact) mass is 299 g/mol. The van der Waals surface area contributed by atoms with Crippen LogP contribution in [0.25, 0.3) is 22.3 Å². The summed E-state index contributed by atoms with van der Waals surface area (Å²) >= 11 is 0. The number of aryl methyl sites for hydroxylation is 1. The number of fused-ring (bicyclic) bond motifs is 5. The molecule has 0 fully saturated rings. The first-order chi connectivity index (χ1) is 11.2. The number of hydrogen-bond donors (Lipinski definition) is 0. The van der Waals surface area contributed by atoms with Gasteiger partial charge in [0.25, 0.3) is 0 Å². The Labute approximate surface area is 138 Å². The van der Waals surface area contributed by atoms with Gasteiger partial charge in [-0.2, -0.15) is 0 Å². The first-order valence-corrected chi connectivity index (χ1v) is 8.25. The fourth-order valence-electron chi connectivity index (χ4n) is 3.62. The maximum absolute atomic E-state index is 2.46. The van der Waals surface area contributed by atoms with Crippen molar-refractivity contribution in [2.75, 3.05) is 4.90 Å². The molecule has 1 aliphatic rings. The minimum Gasteiger partial charge on any atom is -0.338 e. The van der Waals surface area contributed by atoms with Gasteiger partial charge in [0.15, 0.2) is 0 Å². The van der Waals surface area contributed by atoms with E-state index in [1.165, 1.54) is 39.2 Å². The Hall–Kier alpha value is -2.54. The highest BCUT2D eigenvalue weighted by Crippen LogP contribution is 2.48. The topological polar surface area (TPSA) is 3.24 Å². The van der Waals surface area contributed by atoms with Crippen molar-refractivity contribution in [3.05, 3.63) is 72.3 Å². The third-order valence-electron chi connectivity index (χ3n) is 4.60. The second kappa shape index (κ2) is 5.27. The Kier molecular flexibility index (Phi) is 3.23. The molecule has 3 aromatic rings. The summed E-state index contributed by atoms with van der Waals surface area (Å²) in [5.74, 6) is 0. The van der Waals surface area contributed by atoms with E-state index in [4.69, 9.17) is 0 Å². The van der Waals surface area contributed by atoms with E-state index >= 15 is 0 Å². The van der Waals surface area contributed by atoms with Crippen molar-refractivity contribution in [2.45, 2.75) is 26.8 Å². The first-order valence-electron chi connectivity index (χ1n) is 8.25. The molecule has 1 aliphatic heterocycles. The van der Waals surface area contributed by atoms with Gasteiger partial charge in [-0.05, 0) is 44.0 Å². The smallest absolute Gasteiger partial charge is 0.0493 e. The van der Waals surface area contributed by atoms with Crippen molar-refractivity contribution in [2.24, 2.45) is 0 Å². The standard InChI is InChI=1S/C22H21N/c1-15(2)23-21-10-6-4-8-18(21)17-13-12-16(3)14-20(17)19-9-5-7-11-22(19)23/h4-15H,1-3H3. The van der Waals surface area contributed by atoms with Crippen LogP contribution in [0.1, 0.15) is 19.4 Å². The largest absolute Gasteiger partial charge is 0.338 e. The fourth-order valence-corrected chi connectivity index (χ4v) is 3.62. The van der Waals surface area contributed by atoms with E-state index in [0.29, 0.717) is 6.04 Å². The molecule has 0 bridgehead atoms. The minimum absolute atomic E-state index is 0.396. The molecule has 1 heterocycles. The molecule has 0 saturated carbocycles. The normalized spacial score (nSPS) is 12.4. The first kappa shape index (κ1) is 14.1. The Bertz CT molecular complexity index is 877. The number of benzene rings is 3. The molecular formula is C22H21N. The summed E-state index contributed by atoms with van der Waals surface area (Å²) < 4.78 is 0. The van der Waals surface area contributed by atoms with Crippen LogP contribution in [-0.4, -0.2) is 6.04 Å². The Morgan fingerprint density at radius 1 is 0.652 bits per heavy atom. The molecule has 0 N–H and O–H groups in total. The van der Waals surface area contributed by atoms with Crippen molar-refractivity contribution in [1.82, 2.24) is 0 Å². The van der Waals surface area contributed by atoms with Gasteiger partial charge in [0.05, 0.1) is 0 Å². The van der Waals surface area contributed by atoms with Gasteiger partial charge in [0.1, 0.15) is 0 Å². The quantitative estimate of drug-likeness (QED) is 0.518. The number of nitrogens with zero attached hydrogens (tertiary/aromatic N) is 1. The van der Waals surface area contributed by atoms with Crippen LogP contribution < -0.4 is 4.90 Å². The predicted molar refractivity (Wildman–Crippen MR) is 99.3 cm³/mol. The van der Waals surface area contributed by atoms with Crippen molar-refractivity contribution in [3.63, 3.8) is 0 Å². The molecule has 0 unspecified atom stereocenters. The van der Waals surface area contributed by atoms with E-state index in [1.54, 1.807) is 0 Å². The molecule has 0 atom stereocenters. The average molecular weight is 299 g/mol. The second-order valence-electron chi connectivity index (χ2n) is 6.55. The maximum Gasteiger partial charge on any atom is 0.0493 e. The Morgan fingerprint density at radius 2 is 1.22 bits per heavy atom. The summed E-state index contributed by atoms with van der Waals surface area (Å²) in [4.78, 5) is 2.46. The van der Waals surface area contributed by atoms with Gasteiger partial charge in [-0.1, -0.05) is 60.2 Å². The average Bonchev–Trinajstić information content (AvgIpc) is 2.67. The second-order valence-corrected chi connectivity index (χ2v) is 6.55. The molecule has 114 valence electrons. The molecule has 4 rings (SSSR count). The molecule has 0 spiro atoms. The summed E-state index contributed by atoms with van der Waals surface area (Å²) in [7, 11) is 0. The van der Waals surface area contributed by atoms with Crippen molar-refractivity contribution in [3.8, 4) is 22.3 Å². The lowest BCUT2D eigenvalue weighted by atomic mass is 9.93. The maximum atomic E-state index is 2.46. The molecule has 1 heteroatoms. The summed E-state index contributed by atoms with van der Waals surface area (Å²) in [6.45, 7) is 6.68. The third kappa shape index (κ3) is 2.16. The van der Waals surface area contributed by atoms with Gasteiger partial charge >= 0.3 is 0 Å². The molecule has 0 aromatic heterocycles. The number of para-hydroxylation sites is 2. The van der Waals surface area contributed by atoms with E-state index in [-0.39, 0.29) is 0 Å². The SMILES string of the molecule is Cc1ccc2c(c1)-c1ccccc1N(C(C)C)c1ccccc1-2. The van der Waals surface area contributed by atoms with Crippen molar-refractivity contribution in [1.29, 1.82) is 0 Å². The van der Waals surface area contributed by atoms with E-state index in [2.05, 4.69) is 92.4 Å². The van der Waals surface area contributed by atoms with Crippen LogP contribution in [0, 0.1) is 6.92 Å². The highest BCUT2D eigenvalue weighted by atomic mass is 15.2. The van der Waals surface area contributed by atoms with Crippen LogP contribution in [0.15, 0.2) is 66.7 Å². The third-order valence-corrected chi connectivity index (χ3v) is 4.60. The molecule has 0 radical (unpaired) electrons. The molecule has 23 heavy (non-hydrogen) atoms. The zero-order valence-corrected chi connectivity index (χ0v) is 13.9. The fraction of sp³-hybridized carbons (Fsp3) is 0.182. The Balaban J connectivity index is 2.16.